The van der Waals surface area contributed by atoms with Gasteiger partial charge in [-0.25, -0.2) is 0 Å². The maximum absolute atomic E-state index is 11.1. The molecule has 0 bridgehead atoms. The number of hydrogen-bond acceptors (Lipinski definition) is 6. The van der Waals surface area contributed by atoms with Crippen LogP contribution in [0.4, 0.5) is 5.95 Å². The molecule has 1 heterocycles. The molecule has 1 saturated carbocycles. The molecule has 1 fully saturated rings. The van der Waals surface area contributed by atoms with E-state index >= 15 is 0 Å². The maximum atomic E-state index is 11.1. The lowest BCUT2D eigenvalue weighted by Crippen LogP contribution is -2.32. The number of nitrogens with one attached hydrogen (secondary N) is 1. The molecule has 0 aromatic carbocycles. The van der Waals surface area contributed by atoms with Gasteiger partial charge in [-0.3, -0.25) is 4.79 Å². The summed E-state index contributed by atoms with van der Waals surface area (Å²) in [4.78, 5) is 23.3. The normalized spacial score (nSPS) is 22.1. The van der Waals surface area contributed by atoms with Gasteiger partial charge in [0, 0.05) is 12.0 Å². The molecule has 8 heteroatoms. The summed E-state index contributed by atoms with van der Waals surface area (Å²) < 4.78 is 5.43. The highest BCUT2D eigenvalue weighted by molar-refractivity contribution is 6.28. The molecule has 0 radical (unpaired) electrons. The number of carbonyl (C=O) groups is 1. The third-order valence-electron chi connectivity index (χ3n) is 3.39. The third-order valence-corrected chi connectivity index (χ3v) is 3.56. The van der Waals surface area contributed by atoms with E-state index in [-0.39, 0.29) is 35.3 Å². The Balaban J connectivity index is 1.97. The first-order valence-electron chi connectivity index (χ1n) is 7.08. The van der Waals surface area contributed by atoms with Crippen molar-refractivity contribution in [3.05, 3.63) is 5.28 Å². The van der Waals surface area contributed by atoms with Crippen molar-refractivity contribution in [1.29, 1.82) is 0 Å². The van der Waals surface area contributed by atoms with Gasteiger partial charge < -0.3 is 15.8 Å². The lowest BCUT2D eigenvalue weighted by molar-refractivity contribution is -0.122. The van der Waals surface area contributed by atoms with Gasteiger partial charge in [-0.2, -0.15) is 15.0 Å². The zero-order chi connectivity index (χ0) is 15.4. The second kappa shape index (κ2) is 6.89. The minimum absolute atomic E-state index is 0.0233. The number of amides is 1. The highest BCUT2D eigenvalue weighted by atomic mass is 35.5. The van der Waals surface area contributed by atoms with Crippen LogP contribution < -0.4 is 15.8 Å². The van der Waals surface area contributed by atoms with Crippen LogP contribution in [0.25, 0.3) is 0 Å². The summed E-state index contributed by atoms with van der Waals surface area (Å²) in [5.74, 6) is 0.155. The maximum Gasteiger partial charge on any atom is 0.322 e. The van der Waals surface area contributed by atoms with E-state index in [1.807, 2.05) is 13.8 Å². The highest BCUT2D eigenvalue weighted by Gasteiger charge is 2.25. The van der Waals surface area contributed by atoms with Crippen LogP contribution in [-0.2, 0) is 4.79 Å². The van der Waals surface area contributed by atoms with Crippen molar-refractivity contribution in [2.24, 2.45) is 11.7 Å². The number of aromatic nitrogens is 3. The van der Waals surface area contributed by atoms with Crippen LogP contribution >= 0.6 is 11.6 Å². The number of halogens is 1. The monoisotopic (exact) mass is 313 g/mol. The lowest BCUT2D eigenvalue weighted by Gasteiger charge is -2.27. The van der Waals surface area contributed by atoms with Crippen molar-refractivity contribution in [2.45, 2.75) is 51.7 Å². The predicted molar refractivity (Wildman–Crippen MR) is 79.2 cm³/mol. The number of carbonyl (C=O) groups excluding carboxylic acids is 1. The Hall–Kier alpha value is -1.63. The van der Waals surface area contributed by atoms with Crippen LogP contribution in [0.2, 0.25) is 5.28 Å². The van der Waals surface area contributed by atoms with Gasteiger partial charge in [0.2, 0.25) is 17.1 Å². The molecule has 0 aliphatic heterocycles. The van der Waals surface area contributed by atoms with Crippen molar-refractivity contribution < 1.29 is 9.53 Å². The SMILES string of the molecule is CC(C)Oc1nc(Cl)nc(NC2CCC(C(N)=O)CC2)n1. The van der Waals surface area contributed by atoms with Crippen LogP contribution in [0.3, 0.4) is 0 Å². The molecule has 7 nitrogen and oxygen atoms in total. The number of hydrogen-bond donors (Lipinski definition) is 2. The van der Waals surface area contributed by atoms with Crippen molar-refractivity contribution in [3.63, 3.8) is 0 Å². The average molecular weight is 314 g/mol. The van der Waals surface area contributed by atoms with Crippen molar-refractivity contribution >= 4 is 23.5 Å². The molecule has 0 atom stereocenters. The molecule has 21 heavy (non-hydrogen) atoms. The Kier molecular flexibility index (Phi) is 5.17. The van der Waals surface area contributed by atoms with Crippen LogP contribution in [0, 0.1) is 5.92 Å². The number of anilines is 1. The molecular weight excluding hydrogens is 294 g/mol. The molecule has 1 aromatic rings. The van der Waals surface area contributed by atoms with Crippen LogP contribution in [0.5, 0.6) is 6.01 Å². The minimum Gasteiger partial charge on any atom is -0.461 e. The predicted octanol–water partition coefficient (Wildman–Crippen LogP) is 1.77. The molecule has 1 aliphatic carbocycles. The Morgan fingerprint density at radius 2 is 1.95 bits per heavy atom. The van der Waals surface area contributed by atoms with Gasteiger partial charge in [-0.15, -0.1) is 0 Å². The zero-order valence-corrected chi connectivity index (χ0v) is 12.9. The van der Waals surface area contributed by atoms with E-state index in [9.17, 15) is 4.79 Å². The van der Waals surface area contributed by atoms with Crippen molar-refractivity contribution in [3.8, 4) is 6.01 Å². The molecule has 1 aromatic heterocycles. The molecule has 0 unspecified atom stereocenters. The van der Waals surface area contributed by atoms with Gasteiger partial charge in [-0.1, -0.05) is 0 Å². The Morgan fingerprint density at radius 1 is 1.29 bits per heavy atom. The zero-order valence-electron chi connectivity index (χ0n) is 12.2. The Bertz CT molecular complexity index is 503. The fourth-order valence-electron chi connectivity index (χ4n) is 2.36. The summed E-state index contributed by atoms with van der Waals surface area (Å²) in [5.41, 5.74) is 5.32. The molecule has 2 rings (SSSR count). The first kappa shape index (κ1) is 15.8. The van der Waals surface area contributed by atoms with Gasteiger partial charge in [0.05, 0.1) is 6.10 Å². The first-order valence-corrected chi connectivity index (χ1v) is 7.46. The van der Waals surface area contributed by atoms with E-state index in [0.717, 1.165) is 25.7 Å². The summed E-state index contributed by atoms with van der Waals surface area (Å²) in [6, 6.07) is 0.407. The van der Waals surface area contributed by atoms with Gasteiger partial charge in [-0.05, 0) is 51.1 Å². The van der Waals surface area contributed by atoms with Crippen molar-refractivity contribution in [2.75, 3.05) is 5.32 Å². The smallest absolute Gasteiger partial charge is 0.322 e. The summed E-state index contributed by atoms with van der Waals surface area (Å²) in [7, 11) is 0. The van der Waals surface area contributed by atoms with E-state index in [0.29, 0.717) is 5.95 Å². The molecular formula is C13H20ClN5O2. The Morgan fingerprint density at radius 3 is 2.52 bits per heavy atom. The lowest BCUT2D eigenvalue weighted by atomic mass is 9.86. The molecule has 3 N–H and O–H groups in total. The van der Waals surface area contributed by atoms with E-state index in [1.165, 1.54) is 0 Å². The van der Waals surface area contributed by atoms with Gasteiger partial charge in [0.1, 0.15) is 0 Å². The Labute approximate surface area is 128 Å². The summed E-state index contributed by atoms with van der Waals surface area (Å²) in [5, 5.41) is 3.31. The van der Waals surface area contributed by atoms with Crippen molar-refractivity contribution in [1.82, 2.24) is 15.0 Å². The topological polar surface area (TPSA) is 103 Å². The first-order chi connectivity index (χ1) is 9.94. The van der Waals surface area contributed by atoms with Gasteiger partial charge in [0.15, 0.2) is 0 Å². The fourth-order valence-corrected chi connectivity index (χ4v) is 2.52. The average Bonchev–Trinajstić information content (AvgIpc) is 2.37. The van der Waals surface area contributed by atoms with E-state index in [1.54, 1.807) is 0 Å². The largest absolute Gasteiger partial charge is 0.461 e. The van der Waals surface area contributed by atoms with Crippen LogP contribution in [0.1, 0.15) is 39.5 Å². The summed E-state index contributed by atoms with van der Waals surface area (Å²) in [6.07, 6.45) is 3.21. The van der Waals surface area contributed by atoms with Crippen LogP contribution in [0.15, 0.2) is 0 Å². The highest BCUT2D eigenvalue weighted by Crippen LogP contribution is 2.26. The minimum atomic E-state index is -0.218. The van der Waals surface area contributed by atoms with E-state index in [2.05, 4.69) is 20.3 Å². The second-order valence-corrected chi connectivity index (χ2v) is 5.81. The number of ether oxygens (including phenoxy) is 1. The number of nitrogens with two attached hydrogens (primary N) is 1. The van der Waals surface area contributed by atoms with Gasteiger partial charge in [0.25, 0.3) is 0 Å². The number of primary amides is 1. The van der Waals surface area contributed by atoms with Crippen LogP contribution in [-0.4, -0.2) is 33.0 Å². The molecule has 116 valence electrons. The quantitative estimate of drug-likeness (QED) is 0.858. The second-order valence-electron chi connectivity index (χ2n) is 5.47. The standard InChI is InChI=1S/C13H20ClN5O2/c1-7(2)21-13-18-11(14)17-12(19-13)16-9-5-3-8(4-6-9)10(15)20/h7-9H,3-6H2,1-2H3,(H2,15,20)(H,16,17,18,19). The summed E-state index contributed by atoms with van der Waals surface area (Å²) in [6.45, 7) is 3.77. The van der Waals surface area contributed by atoms with E-state index in [4.69, 9.17) is 22.1 Å². The number of nitrogens with zero attached hydrogens (tertiary/aromatic N) is 3. The molecule has 0 spiro atoms. The summed E-state index contributed by atoms with van der Waals surface area (Å²) >= 11 is 5.87. The number of rotatable bonds is 5. The molecule has 0 saturated heterocycles. The molecule has 1 amide bonds. The fraction of sp³-hybridized carbons (Fsp3) is 0.692. The molecule has 1 aliphatic rings. The third kappa shape index (κ3) is 4.70. The van der Waals surface area contributed by atoms with E-state index < -0.39 is 0 Å². The van der Waals surface area contributed by atoms with Gasteiger partial charge >= 0.3 is 6.01 Å².